The lowest BCUT2D eigenvalue weighted by molar-refractivity contribution is -0.120. The van der Waals surface area contributed by atoms with E-state index in [0.29, 0.717) is 24.5 Å². The van der Waals surface area contributed by atoms with Crippen molar-refractivity contribution in [3.05, 3.63) is 0 Å². The zero-order valence-corrected chi connectivity index (χ0v) is 16.4. The maximum absolute atomic E-state index is 11.6. The summed E-state index contributed by atoms with van der Waals surface area (Å²) in [6, 6.07) is 0. The van der Waals surface area contributed by atoms with Gasteiger partial charge in [0.1, 0.15) is 0 Å². The van der Waals surface area contributed by atoms with Crippen molar-refractivity contribution in [2.75, 3.05) is 40.4 Å². The minimum Gasteiger partial charge on any atom is -0.383 e. The van der Waals surface area contributed by atoms with Gasteiger partial charge in [-0.25, -0.2) is 0 Å². The number of hydrogen-bond donors (Lipinski definition) is 3. The number of amides is 1. The maximum Gasteiger partial charge on any atom is 0.239 e. The summed E-state index contributed by atoms with van der Waals surface area (Å²) >= 11 is 0. The summed E-state index contributed by atoms with van der Waals surface area (Å²) < 4.78 is 4.89. The molecule has 1 rings (SSSR count). The number of carbonyl (C=O) groups excluding carboxylic acids is 1. The SMILES string of the molecule is CCC1(CNC(=NC)NCC(=O)NCCOC)CCCC1.I. The van der Waals surface area contributed by atoms with E-state index in [1.54, 1.807) is 14.2 Å². The first-order valence-electron chi connectivity index (χ1n) is 7.86. The normalized spacial score (nSPS) is 16.8. The molecule has 3 N–H and O–H groups in total. The summed E-state index contributed by atoms with van der Waals surface area (Å²) in [5, 5.41) is 9.18. The summed E-state index contributed by atoms with van der Waals surface area (Å²) in [6.45, 7) is 4.46. The molecule has 7 heteroatoms. The van der Waals surface area contributed by atoms with Crippen LogP contribution in [0.3, 0.4) is 0 Å². The largest absolute Gasteiger partial charge is 0.383 e. The lowest BCUT2D eigenvalue weighted by Crippen LogP contribution is -2.46. The van der Waals surface area contributed by atoms with Gasteiger partial charge in [-0.15, -0.1) is 24.0 Å². The molecule has 1 fully saturated rings. The third-order valence-electron chi connectivity index (χ3n) is 4.31. The van der Waals surface area contributed by atoms with Crippen LogP contribution >= 0.6 is 24.0 Å². The smallest absolute Gasteiger partial charge is 0.239 e. The number of carbonyl (C=O) groups is 1. The van der Waals surface area contributed by atoms with Crippen molar-refractivity contribution in [1.29, 1.82) is 0 Å². The molecule has 1 aliphatic rings. The van der Waals surface area contributed by atoms with Crippen molar-refractivity contribution < 1.29 is 9.53 Å². The molecular weight excluding hydrogens is 395 g/mol. The van der Waals surface area contributed by atoms with Crippen LogP contribution in [0.25, 0.3) is 0 Å². The molecule has 0 radical (unpaired) electrons. The fourth-order valence-corrected chi connectivity index (χ4v) is 2.79. The van der Waals surface area contributed by atoms with Crippen LogP contribution in [0.2, 0.25) is 0 Å². The lowest BCUT2D eigenvalue weighted by Gasteiger charge is -2.28. The first kappa shape index (κ1) is 21.4. The number of hydrogen-bond acceptors (Lipinski definition) is 3. The molecule has 0 unspecified atom stereocenters. The molecule has 1 amide bonds. The second-order valence-electron chi connectivity index (χ2n) is 5.68. The van der Waals surface area contributed by atoms with E-state index < -0.39 is 0 Å². The van der Waals surface area contributed by atoms with E-state index in [4.69, 9.17) is 4.74 Å². The molecule has 6 nitrogen and oxygen atoms in total. The number of methoxy groups -OCH3 is 1. The van der Waals surface area contributed by atoms with Crippen LogP contribution in [-0.4, -0.2) is 52.3 Å². The third-order valence-corrected chi connectivity index (χ3v) is 4.31. The summed E-state index contributed by atoms with van der Waals surface area (Å²) in [7, 11) is 3.34. The van der Waals surface area contributed by atoms with Crippen molar-refractivity contribution in [1.82, 2.24) is 16.0 Å². The average molecular weight is 426 g/mol. The van der Waals surface area contributed by atoms with Gasteiger partial charge in [-0.3, -0.25) is 9.79 Å². The van der Waals surface area contributed by atoms with Gasteiger partial charge in [-0.1, -0.05) is 19.8 Å². The standard InChI is InChI=1S/C15H30N4O2.HI/c1-4-15(7-5-6-8-15)12-19-14(16-2)18-11-13(20)17-9-10-21-3;/h4-12H2,1-3H3,(H,17,20)(H2,16,18,19);1H. The van der Waals surface area contributed by atoms with Crippen LogP contribution in [0, 0.1) is 5.41 Å². The highest BCUT2D eigenvalue weighted by molar-refractivity contribution is 14.0. The van der Waals surface area contributed by atoms with Crippen molar-refractivity contribution in [3.8, 4) is 0 Å². The summed E-state index contributed by atoms with van der Waals surface area (Å²) in [5.41, 5.74) is 0.401. The molecule has 0 atom stereocenters. The van der Waals surface area contributed by atoms with Gasteiger partial charge >= 0.3 is 0 Å². The average Bonchev–Trinajstić information content (AvgIpc) is 2.97. The first-order chi connectivity index (χ1) is 10.2. The van der Waals surface area contributed by atoms with Gasteiger partial charge in [0, 0.05) is 27.2 Å². The Balaban J connectivity index is 0.00000441. The molecule has 1 aliphatic carbocycles. The fourth-order valence-electron chi connectivity index (χ4n) is 2.79. The molecular formula is C15H31IN4O2. The molecule has 0 heterocycles. The van der Waals surface area contributed by atoms with E-state index in [9.17, 15) is 4.79 Å². The van der Waals surface area contributed by atoms with Crippen LogP contribution < -0.4 is 16.0 Å². The summed E-state index contributed by atoms with van der Waals surface area (Å²) in [6.07, 6.45) is 6.40. The molecule has 0 spiro atoms. The number of guanidine groups is 1. The highest BCUT2D eigenvalue weighted by Gasteiger charge is 2.31. The molecule has 0 aromatic carbocycles. The van der Waals surface area contributed by atoms with Gasteiger partial charge < -0.3 is 20.7 Å². The van der Waals surface area contributed by atoms with Crippen molar-refractivity contribution in [2.24, 2.45) is 10.4 Å². The third kappa shape index (κ3) is 7.62. The summed E-state index contributed by atoms with van der Waals surface area (Å²) in [4.78, 5) is 15.8. The van der Waals surface area contributed by atoms with Gasteiger partial charge in [-0.05, 0) is 24.7 Å². The Labute approximate surface area is 151 Å². The van der Waals surface area contributed by atoms with Crippen molar-refractivity contribution in [2.45, 2.75) is 39.0 Å². The Kier molecular flexibility index (Phi) is 11.6. The predicted molar refractivity (Wildman–Crippen MR) is 101 cm³/mol. The zero-order chi connectivity index (χ0) is 15.6. The highest BCUT2D eigenvalue weighted by atomic mass is 127. The van der Waals surface area contributed by atoms with Crippen LogP contribution in [0.4, 0.5) is 0 Å². The van der Waals surface area contributed by atoms with Gasteiger partial charge in [0.15, 0.2) is 5.96 Å². The van der Waals surface area contributed by atoms with Gasteiger partial charge in [0.2, 0.25) is 5.91 Å². The minimum atomic E-state index is -0.0546. The van der Waals surface area contributed by atoms with Crippen LogP contribution in [-0.2, 0) is 9.53 Å². The molecule has 0 aromatic heterocycles. The predicted octanol–water partition coefficient (Wildman–Crippen LogP) is 1.50. The van der Waals surface area contributed by atoms with Gasteiger partial charge in [-0.2, -0.15) is 0 Å². The fraction of sp³-hybridized carbons (Fsp3) is 0.867. The Bertz CT molecular complexity index is 344. The number of ether oxygens (including phenoxy) is 1. The van der Waals surface area contributed by atoms with Gasteiger partial charge in [0.25, 0.3) is 0 Å². The van der Waals surface area contributed by atoms with Crippen LogP contribution in [0.1, 0.15) is 39.0 Å². The van der Waals surface area contributed by atoms with Crippen molar-refractivity contribution in [3.63, 3.8) is 0 Å². The number of aliphatic imine (C=N–C) groups is 1. The molecule has 0 bridgehead atoms. The van der Waals surface area contributed by atoms with Crippen molar-refractivity contribution >= 4 is 35.8 Å². The second-order valence-corrected chi connectivity index (χ2v) is 5.68. The molecule has 22 heavy (non-hydrogen) atoms. The first-order valence-corrected chi connectivity index (χ1v) is 7.86. The zero-order valence-electron chi connectivity index (χ0n) is 14.0. The number of rotatable bonds is 8. The van der Waals surface area contributed by atoms with Crippen LogP contribution in [0.5, 0.6) is 0 Å². The Morgan fingerprint density at radius 2 is 1.91 bits per heavy atom. The summed E-state index contributed by atoms with van der Waals surface area (Å²) in [5.74, 6) is 0.637. The number of nitrogens with zero attached hydrogens (tertiary/aromatic N) is 1. The maximum atomic E-state index is 11.6. The molecule has 1 saturated carbocycles. The quantitative estimate of drug-likeness (QED) is 0.238. The molecule has 130 valence electrons. The minimum absolute atomic E-state index is 0. The Morgan fingerprint density at radius 3 is 2.45 bits per heavy atom. The van der Waals surface area contributed by atoms with E-state index >= 15 is 0 Å². The van der Waals surface area contributed by atoms with E-state index in [2.05, 4.69) is 27.9 Å². The Morgan fingerprint density at radius 1 is 1.23 bits per heavy atom. The number of nitrogens with one attached hydrogen (secondary N) is 3. The van der Waals surface area contributed by atoms with E-state index in [1.165, 1.54) is 32.1 Å². The molecule has 0 aromatic rings. The van der Waals surface area contributed by atoms with E-state index in [-0.39, 0.29) is 36.4 Å². The Hall–Kier alpha value is -0.570. The molecule has 0 aliphatic heterocycles. The second kappa shape index (κ2) is 11.9. The highest BCUT2D eigenvalue weighted by Crippen LogP contribution is 2.40. The van der Waals surface area contributed by atoms with Gasteiger partial charge in [0.05, 0.1) is 13.2 Å². The monoisotopic (exact) mass is 426 g/mol. The lowest BCUT2D eigenvalue weighted by atomic mass is 9.83. The van der Waals surface area contributed by atoms with E-state index in [0.717, 1.165) is 6.54 Å². The van der Waals surface area contributed by atoms with E-state index in [1.807, 2.05) is 0 Å². The molecule has 0 saturated heterocycles. The number of halogens is 1. The topological polar surface area (TPSA) is 74.8 Å². The van der Waals surface area contributed by atoms with Crippen LogP contribution in [0.15, 0.2) is 4.99 Å².